The van der Waals surface area contributed by atoms with Crippen LogP contribution in [0.1, 0.15) is 15.5 Å². The Balaban J connectivity index is 2.17. The monoisotopic (exact) mass is 296 g/mol. The summed E-state index contributed by atoms with van der Waals surface area (Å²) in [6.45, 7) is 0.212. The van der Waals surface area contributed by atoms with Crippen LogP contribution in [0.3, 0.4) is 0 Å². The van der Waals surface area contributed by atoms with Gasteiger partial charge >= 0.3 is 0 Å². The van der Waals surface area contributed by atoms with Crippen molar-refractivity contribution >= 4 is 28.6 Å². The molecule has 0 aliphatic carbocycles. The number of aromatic nitrogens is 1. The molecule has 0 radical (unpaired) electrons. The number of nitrogens with zero attached hydrogens (tertiary/aromatic N) is 2. The van der Waals surface area contributed by atoms with Crippen molar-refractivity contribution in [3.8, 4) is 0 Å². The standard InChI is InChI=1S/C11H9FN4O3S/c12-7-3-6(16(18)19)1-2-8(7)15-11(17)9-5-20-10(4-13)14-9/h1-3,5H,4,13H2,(H,15,17). The van der Waals surface area contributed by atoms with E-state index < -0.39 is 16.6 Å². The summed E-state index contributed by atoms with van der Waals surface area (Å²) in [6, 6.07) is 2.97. The number of nitro benzene ring substituents is 1. The van der Waals surface area contributed by atoms with Crippen molar-refractivity contribution in [2.45, 2.75) is 6.54 Å². The van der Waals surface area contributed by atoms with Crippen LogP contribution in [-0.4, -0.2) is 15.8 Å². The fraction of sp³-hybridized carbons (Fsp3) is 0.0909. The van der Waals surface area contributed by atoms with Crippen LogP contribution in [0, 0.1) is 15.9 Å². The highest BCUT2D eigenvalue weighted by Crippen LogP contribution is 2.21. The smallest absolute Gasteiger partial charge is 0.275 e. The van der Waals surface area contributed by atoms with Gasteiger partial charge in [0.15, 0.2) is 5.82 Å². The maximum absolute atomic E-state index is 13.6. The number of carbonyl (C=O) groups is 1. The zero-order valence-corrected chi connectivity index (χ0v) is 10.8. The number of amides is 1. The number of anilines is 1. The number of nitro groups is 1. The summed E-state index contributed by atoms with van der Waals surface area (Å²) in [4.78, 5) is 25.5. The van der Waals surface area contributed by atoms with Gasteiger partial charge in [0.05, 0.1) is 16.7 Å². The first-order chi connectivity index (χ1) is 9.51. The fourth-order valence-corrected chi connectivity index (χ4v) is 2.07. The lowest BCUT2D eigenvalue weighted by Crippen LogP contribution is -2.13. The van der Waals surface area contributed by atoms with E-state index in [9.17, 15) is 19.3 Å². The zero-order chi connectivity index (χ0) is 14.7. The van der Waals surface area contributed by atoms with Gasteiger partial charge in [0.2, 0.25) is 0 Å². The number of nitrogens with two attached hydrogens (primary N) is 1. The largest absolute Gasteiger partial charge is 0.325 e. The first-order valence-corrected chi connectivity index (χ1v) is 6.29. The molecule has 1 amide bonds. The molecular weight excluding hydrogens is 287 g/mol. The van der Waals surface area contributed by atoms with E-state index >= 15 is 0 Å². The van der Waals surface area contributed by atoms with E-state index in [2.05, 4.69) is 10.3 Å². The third-order valence-corrected chi connectivity index (χ3v) is 3.24. The Morgan fingerprint density at radius 1 is 1.55 bits per heavy atom. The van der Waals surface area contributed by atoms with Crippen LogP contribution in [0.15, 0.2) is 23.6 Å². The average molecular weight is 296 g/mol. The van der Waals surface area contributed by atoms with Crippen LogP contribution < -0.4 is 11.1 Å². The van der Waals surface area contributed by atoms with E-state index in [-0.39, 0.29) is 23.6 Å². The molecule has 0 unspecified atom stereocenters. The molecule has 0 spiro atoms. The summed E-state index contributed by atoms with van der Waals surface area (Å²) in [6.07, 6.45) is 0. The van der Waals surface area contributed by atoms with Gasteiger partial charge in [-0.2, -0.15) is 0 Å². The zero-order valence-electron chi connectivity index (χ0n) is 10.00. The van der Waals surface area contributed by atoms with Crippen LogP contribution in [-0.2, 0) is 6.54 Å². The van der Waals surface area contributed by atoms with Gasteiger partial charge in [-0.15, -0.1) is 11.3 Å². The Morgan fingerprint density at radius 3 is 2.85 bits per heavy atom. The Labute approximate surface area is 116 Å². The Hall–Kier alpha value is -2.39. The fourth-order valence-electron chi connectivity index (χ4n) is 1.41. The summed E-state index contributed by atoms with van der Waals surface area (Å²) >= 11 is 1.22. The Morgan fingerprint density at radius 2 is 2.30 bits per heavy atom. The molecule has 0 bridgehead atoms. The molecule has 0 fully saturated rings. The lowest BCUT2D eigenvalue weighted by Gasteiger charge is -2.04. The number of benzene rings is 1. The van der Waals surface area contributed by atoms with Crippen molar-refractivity contribution in [2.24, 2.45) is 5.73 Å². The number of thiazole rings is 1. The van der Waals surface area contributed by atoms with Crippen molar-refractivity contribution in [3.63, 3.8) is 0 Å². The SMILES string of the molecule is NCc1nc(C(=O)Nc2ccc([N+](=O)[O-])cc2F)cs1. The summed E-state index contributed by atoms with van der Waals surface area (Å²) in [5.41, 5.74) is 4.96. The van der Waals surface area contributed by atoms with Crippen LogP contribution in [0.2, 0.25) is 0 Å². The van der Waals surface area contributed by atoms with Gasteiger partial charge in [-0.3, -0.25) is 14.9 Å². The van der Waals surface area contributed by atoms with Crippen LogP contribution in [0.4, 0.5) is 15.8 Å². The molecule has 2 aromatic rings. The normalized spacial score (nSPS) is 10.3. The lowest BCUT2D eigenvalue weighted by atomic mass is 10.2. The van der Waals surface area contributed by atoms with Crippen LogP contribution in [0.5, 0.6) is 0 Å². The summed E-state index contributed by atoms with van der Waals surface area (Å²) in [5, 5.41) is 14.9. The van der Waals surface area contributed by atoms with E-state index in [0.29, 0.717) is 5.01 Å². The van der Waals surface area contributed by atoms with Crippen LogP contribution in [0.25, 0.3) is 0 Å². The summed E-state index contributed by atoms with van der Waals surface area (Å²) in [7, 11) is 0. The summed E-state index contributed by atoms with van der Waals surface area (Å²) in [5.74, 6) is -1.49. The molecule has 0 aliphatic heterocycles. The van der Waals surface area contributed by atoms with Gasteiger partial charge in [0.25, 0.3) is 11.6 Å². The molecule has 9 heteroatoms. The second-order valence-electron chi connectivity index (χ2n) is 3.71. The second-order valence-corrected chi connectivity index (χ2v) is 4.65. The highest BCUT2D eigenvalue weighted by molar-refractivity contribution is 7.09. The predicted molar refractivity (Wildman–Crippen MR) is 71.0 cm³/mol. The van der Waals surface area contributed by atoms with E-state index in [1.807, 2.05) is 0 Å². The van der Waals surface area contributed by atoms with Crippen molar-refractivity contribution in [3.05, 3.63) is 50.2 Å². The van der Waals surface area contributed by atoms with E-state index in [4.69, 9.17) is 5.73 Å². The third kappa shape index (κ3) is 2.95. The van der Waals surface area contributed by atoms with Gasteiger partial charge < -0.3 is 11.1 Å². The molecule has 3 N–H and O–H groups in total. The molecule has 0 atom stereocenters. The second kappa shape index (κ2) is 5.72. The van der Waals surface area contributed by atoms with Gasteiger partial charge in [0, 0.05) is 18.0 Å². The van der Waals surface area contributed by atoms with Crippen molar-refractivity contribution in [1.29, 1.82) is 0 Å². The minimum Gasteiger partial charge on any atom is -0.325 e. The molecule has 0 saturated carbocycles. The minimum absolute atomic E-state index is 0.119. The van der Waals surface area contributed by atoms with E-state index in [1.165, 1.54) is 16.7 Å². The topological polar surface area (TPSA) is 111 Å². The molecule has 0 aliphatic rings. The number of halogens is 1. The maximum atomic E-state index is 13.6. The number of hydrogen-bond donors (Lipinski definition) is 2. The lowest BCUT2D eigenvalue weighted by molar-refractivity contribution is -0.385. The van der Waals surface area contributed by atoms with Gasteiger partial charge in [-0.05, 0) is 6.07 Å². The van der Waals surface area contributed by atoms with E-state index in [0.717, 1.165) is 18.2 Å². The van der Waals surface area contributed by atoms with Crippen molar-refractivity contribution in [1.82, 2.24) is 4.98 Å². The maximum Gasteiger partial charge on any atom is 0.275 e. The number of hydrogen-bond acceptors (Lipinski definition) is 6. The number of rotatable bonds is 4. The van der Waals surface area contributed by atoms with Gasteiger partial charge in [0.1, 0.15) is 10.7 Å². The Kier molecular flexibility index (Phi) is 4.01. The predicted octanol–water partition coefficient (Wildman–Crippen LogP) is 1.90. The minimum atomic E-state index is -0.887. The summed E-state index contributed by atoms with van der Waals surface area (Å²) < 4.78 is 13.6. The Bertz CT molecular complexity index is 673. The molecule has 20 heavy (non-hydrogen) atoms. The van der Waals surface area contributed by atoms with Crippen molar-refractivity contribution in [2.75, 3.05) is 5.32 Å². The van der Waals surface area contributed by atoms with Crippen LogP contribution >= 0.6 is 11.3 Å². The number of nitrogens with one attached hydrogen (secondary N) is 1. The van der Waals surface area contributed by atoms with Crippen molar-refractivity contribution < 1.29 is 14.1 Å². The highest BCUT2D eigenvalue weighted by atomic mass is 32.1. The van der Waals surface area contributed by atoms with Gasteiger partial charge in [-0.1, -0.05) is 0 Å². The van der Waals surface area contributed by atoms with E-state index in [1.54, 1.807) is 0 Å². The molecule has 104 valence electrons. The first-order valence-electron chi connectivity index (χ1n) is 5.41. The van der Waals surface area contributed by atoms with Gasteiger partial charge in [-0.25, -0.2) is 9.37 Å². The first kappa shape index (κ1) is 14.0. The number of carbonyl (C=O) groups excluding carboxylic acids is 1. The quantitative estimate of drug-likeness (QED) is 0.661. The third-order valence-electron chi connectivity index (χ3n) is 2.37. The molecule has 2 rings (SSSR count). The molecular formula is C11H9FN4O3S. The molecule has 1 aromatic heterocycles. The highest BCUT2D eigenvalue weighted by Gasteiger charge is 2.15. The number of non-ortho nitro benzene ring substituents is 1. The molecule has 7 nitrogen and oxygen atoms in total. The average Bonchev–Trinajstić information content (AvgIpc) is 2.89. The molecule has 1 heterocycles. The molecule has 1 aromatic carbocycles. The molecule has 0 saturated heterocycles.